The highest BCUT2D eigenvalue weighted by Crippen LogP contribution is 2.31. The fourth-order valence-corrected chi connectivity index (χ4v) is 3.60. The van der Waals surface area contributed by atoms with Crippen molar-refractivity contribution in [3.63, 3.8) is 0 Å². The van der Waals surface area contributed by atoms with Crippen LogP contribution in [0.2, 0.25) is 0 Å². The Kier molecular flexibility index (Phi) is 7.01. The van der Waals surface area contributed by atoms with Gasteiger partial charge in [0.1, 0.15) is 0 Å². The molecule has 0 aliphatic heterocycles. The van der Waals surface area contributed by atoms with Crippen LogP contribution in [-0.4, -0.2) is 28.6 Å². The molecule has 0 radical (unpaired) electrons. The Labute approximate surface area is 147 Å². The highest BCUT2D eigenvalue weighted by Gasteiger charge is 2.20. The highest BCUT2D eigenvalue weighted by atomic mass is 16.3. The van der Waals surface area contributed by atoms with Gasteiger partial charge < -0.3 is 5.11 Å². The molecule has 0 saturated heterocycles. The van der Waals surface area contributed by atoms with Crippen LogP contribution in [-0.2, 0) is 6.61 Å². The molecular formula is C22H31NO. The molecule has 0 amide bonds. The Balaban J connectivity index is 2.31. The van der Waals surface area contributed by atoms with Crippen molar-refractivity contribution >= 4 is 0 Å². The van der Waals surface area contributed by atoms with Crippen molar-refractivity contribution in [1.82, 2.24) is 4.90 Å². The van der Waals surface area contributed by atoms with Crippen LogP contribution >= 0.6 is 0 Å². The molecule has 1 N–H and O–H groups in total. The van der Waals surface area contributed by atoms with Crippen molar-refractivity contribution in [2.45, 2.75) is 58.7 Å². The lowest BCUT2D eigenvalue weighted by atomic mass is 9.85. The first kappa shape index (κ1) is 18.7. The molecule has 0 aliphatic carbocycles. The first-order valence-electron chi connectivity index (χ1n) is 9.04. The standard InChI is InChI=1S/C22H31NO/c1-17(2)23(18(3)4)15-14-22(19-10-6-5-7-11-19)21-13-9-8-12-20(21)16-24/h5-13,17-18,22,24H,14-16H2,1-4H3. The molecule has 1 unspecified atom stereocenters. The Morgan fingerprint density at radius 1 is 0.833 bits per heavy atom. The first-order chi connectivity index (χ1) is 11.5. The lowest BCUT2D eigenvalue weighted by Crippen LogP contribution is -2.38. The number of hydrogen-bond acceptors (Lipinski definition) is 2. The topological polar surface area (TPSA) is 23.5 Å². The summed E-state index contributed by atoms with van der Waals surface area (Å²) in [6.45, 7) is 10.2. The largest absolute Gasteiger partial charge is 0.392 e. The maximum absolute atomic E-state index is 9.76. The van der Waals surface area contributed by atoms with Crippen molar-refractivity contribution in [2.24, 2.45) is 0 Å². The summed E-state index contributed by atoms with van der Waals surface area (Å²) in [5.41, 5.74) is 3.61. The molecule has 1 atom stereocenters. The summed E-state index contributed by atoms with van der Waals surface area (Å²) < 4.78 is 0. The van der Waals surface area contributed by atoms with E-state index >= 15 is 0 Å². The first-order valence-corrected chi connectivity index (χ1v) is 9.04. The maximum atomic E-state index is 9.76. The van der Waals surface area contributed by atoms with Gasteiger partial charge in [0.15, 0.2) is 0 Å². The number of aliphatic hydroxyl groups excluding tert-OH is 1. The number of rotatable bonds is 8. The van der Waals surface area contributed by atoms with Gasteiger partial charge in [-0.3, -0.25) is 4.90 Å². The van der Waals surface area contributed by atoms with E-state index in [1.165, 1.54) is 11.1 Å². The van der Waals surface area contributed by atoms with Crippen molar-refractivity contribution in [2.75, 3.05) is 6.54 Å². The quantitative estimate of drug-likeness (QED) is 0.752. The summed E-state index contributed by atoms with van der Waals surface area (Å²) in [6.07, 6.45) is 1.05. The van der Waals surface area contributed by atoms with Gasteiger partial charge in [-0.15, -0.1) is 0 Å². The van der Waals surface area contributed by atoms with Gasteiger partial charge in [0.05, 0.1) is 6.61 Å². The van der Waals surface area contributed by atoms with Gasteiger partial charge in [-0.2, -0.15) is 0 Å². The maximum Gasteiger partial charge on any atom is 0.0684 e. The lowest BCUT2D eigenvalue weighted by molar-refractivity contribution is 0.170. The van der Waals surface area contributed by atoms with Crippen LogP contribution in [0.1, 0.15) is 56.7 Å². The predicted octanol–water partition coefficient (Wildman–Crippen LogP) is 4.82. The smallest absolute Gasteiger partial charge is 0.0684 e. The average Bonchev–Trinajstić information content (AvgIpc) is 2.59. The summed E-state index contributed by atoms with van der Waals surface area (Å²) >= 11 is 0. The van der Waals surface area contributed by atoms with Crippen LogP contribution in [0, 0.1) is 0 Å². The van der Waals surface area contributed by atoms with E-state index < -0.39 is 0 Å². The van der Waals surface area contributed by atoms with Crippen LogP contribution in [0.25, 0.3) is 0 Å². The zero-order valence-electron chi connectivity index (χ0n) is 15.4. The van der Waals surface area contributed by atoms with Gasteiger partial charge >= 0.3 is 0 Å². The Hall–Kier alpha value is -1.64. The molecule has 2 heteroatoms. The normalized spacial score (nSPS) is 13.0. The molecule has 0 bridgehead atoms. The minimum Gasteiger partial charge on any atom is -0.392 e. The van der Waals surface area contributed by atoms with E-state index in [4.69, 9.17) is 0 Å². The SMILES string of the molecule is CC(C)N(CCC(c1ccccc1)c1ccccc1CO)C(C)C. The molecule has 0 fully saturated rings. The van der Waals surface area contributed by atoms with Gasteiger partial charge in [0.25, 0.3) is 0 Å². The third-order valence-corrected chi connectivity index (χ3v) is 4.81. The summed E-state index contributed by atoms with van der Waals surface area (Å²) in [6, 6.07) is 20.0. The Bertz CT molecular complexity index is 598. The fourth-order valence-electron chi connectivity index (χ4n) is 3.60. The monoisotopic (exact) mass is 325 g/mol. The molecular weight excluding hydrogens is 294 g/mol. The van der Waals surface area contributed by atoms with Crippen molar-refractivity contribution < 1.29 is 5.11 Å². The number of aliphatic hydroxyl groups is 1. The minimum atomic E-state index is 0.0948. The molecule has 0 aromatic heterocycles. The number of benzene rings is 2. The van der Waals surface area contributed by atoms with E-state index in [1.807, 2.05) is 12.1 Å². The molecule has 0 saturated carbocycles. The van der Waals surface area contributed by atoms with Crippen LogP contribution in [0.4, 0.5) is 0 Å². The van der Waals surface area contributed by atoms with E-state index in [0.29, 0.717) is 18.0 Å². The molecule has 0 heterocycles. The van der Waals surface area contributed by atoms with E-state index in [-0.39, 0.29) is 6.61 Å². The minimum absolute atomic E-state index is 0.0948. The predicted molar refractivity (Wildman–Crippen MR) is 102 cm³/mol. The van der Waals surface area contributed by atoms with Gasteiger partial charge in [-0.1, -0.05) is 54.6 Å². The van der Waals surface area contributed by atoms with Crippen molar-refractivity contribution in [1.29, 1.82) is 0 Å². The lowest BCUT2D eigenvalue weighted by Gasteiger charge is -2.32. The zero-order chi connectivity index (χ0) is 17.5. The second-order valence-corrected chi connectivity index (χ2v) is 7.03. The molecule has 2 aromatic carbocycles. The van der Waals surface area contributed by atoms with E-state index in [0.717, 1.165) is 18.5 Å². The van der Waals surface area contributed by atoms with E-state index in [1.54, 1.807) is 0 Å². The summed E-state index contributed by atoms with van der Waals surface area (Å²) in [5.74, 6) is 0.314. The third kappa shape index (κ3) is 4.68. The van der Waals surface area contributed by atoms with Crippen LogP contribution in [0.5, 0.6) is 0 Å². The van der Waals surface area contributed by atoms with E-state index in [9.17, 15) is 5.11 Å². The Morgan fingerprint density at radius 2 is 1.42 bits per heavy atom. The van der Waals surface area contributed by atoms with Gasteiger partial charge in [0, 0.05) is 18.0 Å². The van der Waals surface area contributed by atoms with Gasteiger partial charge in [0.2, 0.25) is 0 Å². The molecule has 2 rings (SSSR count). The summed E-state index contributed by atoms with van der Waals surface area (Å²) in [4.78, 5) is 2.54. The summed E-state index contributed by atoms with van der Waals surface area (Å²) in [5, 5.41) is 9.76. The van der Waals surface area contributed by atoms with Crippen LogP contribution < -0.4 is 0 Å². The molecule has 130 valence electrons. The molecule has 0 aliphatic rings. The number of nitrogens with zero attached hydrogens (tertiary/aromatic N) is 1. The second kappa shape index (κ2) is 9.00. The van der Waals surface area contributed by atoms with Crippen molar-refractivity contribution in [3.05, 3.63) is 71.3 Å². The molecule has 2 nitrogen and oxygen atoms in total. The van der Waals surface area contributed by atoms with Crippen LogP contribution in [0.3, 0.4) is 0 Å². The van der Waals surface area contributed by atoms with Crippen LogP contribution in [0.15, 0.2) is 54.6 Å². The van der Waals surface area contributed by atoms with Gasteiger partial charge in [-0.25, -0.2) is 0 Å². The second-order valence-electron chi connectivity index (χ2n) is 7.03. The third-order valence-electron chi connectivity index (χ3n) is 4.81. The zero-order valence-corrected chi connectivity index (χ0v) is 15.4. The van der Waals surface area contributed by atoms with E-state index in [2.05, 4.69) is 75.1 Å². The Morgan fingerprint density at radius 3 is 2.00 bits per heavy atom. The highest BCUT2D eigenvalue weighted by molar-refractivity contribution is 5.37. The fraction of sp³-hybridized carbons (Fsp3) is 0.455. The number of hydrogen-bond donors (Lipinski definition) is 1. The summed E-state index contributed by atoms with van der Waals surface area (Å²) in [7, 11) is 0. The molecule has 0 spiro atoms. The van der Waals surface area contributed by atoms with Gasteiger partial charge in [-0.05, 0) is 57.4 Å². The van der Waals surface area contributed by atoms with Crippen molar-refractivity contribution in [3.8, 4) is 0 Å². The average molecular weight is 325 g/mol. The molecule has 2 aromatic rings. The molecule has 24 heavy (non-hydrogen) atoms.